The van der Waals surface area contributed by atoms with Gasteiger partial charge in [0.25, 0.3) is 0 Å². The average molecular weight is 425 g/mol. The predicted octanol–water partition coefficient (Wildman–Crippen LogP) is 2.44. The van der Waals surface area contributed by atoms with E-state index in [1.807, 2.05) is 26.0 Å². The van der Waals surface area contributed by atoms with Crippen molar-refractivity contribution in [2.24, 2.45) is 23.7 Å². The molecule has 170 valence electrons. The van der Waals surface area contributed by atoms with Crippen molar-refractivity contribution in [2.45, 2.75) is 83.7 Å². The molecule has 2 aliphatic rings. The van der Waals surface area contributed by atoms with Crippen molar-refractivity contribution in [2.75, 3.05) is 0 Å². The zero-order chi connectivity index (χ0) is 22.4. The molecule has 30 heavy (non-hydrogen) atoms. The van der Waals surface area contributed by atoms with Gasteiger partial charge in [0.1, 0.15) is 6.10 Å². The third-order valence-electron chi connectivity index (χ3n) is 6.44. The molecule has 7 nitrogen and oxygen atoms in total. The molecular weight excluding hydrogens is 388 g/mol. The summed E-state index contributed by atoms with van der Waals surface area (Å²) in [6.07, 6.45) is 4.64. The number of rotatable bonds is 10. The van der Waals surface area contributed by atoms with Crippen LogP contribution in [0.2, 0.25) is 0 Å². The lowest BCUT2D eigenvalue weighted by molar-refractivity contribution is -0.159. The summed E-state index contributed by atoms with van der Waals surface area (Å²) in [6, 6.07) is 0. The maximum absolute atomic E-state index is 12.4. The number of aliphatic carboxylic acids is 1. The normalized spacial score (nSPS) is 31.3. The van der Waals surface area contributed by atoms with E-state index in [4.69, 9.17) is 9.84 Å². The molecule has 0 heterocycles. The maximum atomic E-state index is 12.4. The highest BCUT2D eigenvalue weighted by Gasteiger charge is 2.42. The molecule has 0 aromatic rings. The molecule has 0 radical (unpaired) electrons. The Morgan fingerprint density at radius 3 is 2.60 bits per heavy atom. The summed E-state index contributed by atoms with van der Waals surface area (Å²) in [5.41, 5.74) is 0.958. The van der Waals surface area contributed by atoms with Crippen LogP contribution in [-0.4, -0.2) is 56.8 Å². The summed E-state index contributed by atoms with van der Waals surface area (Å²) in [5, 5.41) is 39.1. The Labute approximate surface area is 178 Å². The minimum absolute atomic E-state index is 0.0156. The van der Waals surface area contributed by atoms with Gasteiger partial charge < -0.3 is 25.2 Å². The van der Waals surface area contributed by atoms with Gasteiger partial charge in [-0.15, -0.1) is 0 Å². The Balaban J connectivity index is 2.09. The summed E-state index contributed by atoms with van der Waals surface area (Å²) in [5.74, 6) is -1.31. The van der Waals surface area contributed by atoms with E-state index < -0.39 is 30.4 Å². The van der Waals surface area contributed by atoms with Crippen molar-refractivity contribution in [3.8, 4) is 0 Å². The van der Waals surface area contributed by atoms with Crippen LogP contribution < -0.4 is 0 Å². The van der Waals surface area contributed by atoms with Crippen LogP contribution in [-0.2, 0) is 14.3 Å². The summed E-state index contributed by atoms with van der Waals surface area (Å²) in [6.45, 7) is 5.85. The standard InChI is InChI=1S/C23H36O7/c1-4-13(2)23(29)30-20-11-17(25)9-15-6-5-14(3)19(22(15)20)8-7-16(24)10-18(26)12-21(27)28/h5-6,9,13-14,16-20,22,24-26H,4,7-8,10-12H2,1-3H3,(H,27,28)/t13-,14+,16+,17+,18+,19-,20-,22-/m0/s1. The quantitative estimate of drug-likeness (QED) is 0.397. The third kappa shape index (κ3) is 6.65. The monoisotopic (exact) mass is 424 g/mol. The minimum atomic E-state index is -1.10. The molecule has 0 aromatic carbocycles. The first-order chi connectivity index (χ1) is 14.1. The number of carbonyl (C=O) groups excluding carboxylic acids is 1. The van der Waals surface area contributed by atoms with Crippen molar-refractivity contribution in [1.29, 1.82) is 0 Å². The van der Waals surface area contributed by atoms with E-state index in [2.05, 4.69) is 13.0 Å². The SMILES string of the molecule is CC[C@H](C)C(=O)O[C@H]1C[C@H](O)C=C2C=C[C@@H](C)[C@H](CC[C@@H](O)C[C@@H](O)CC(=O)O)[C@H]21. The van der Waals surface area contributed by atoms with Crippen LogP contribution in [0.25, 0.3) is 0 Å². The van der Waals surface area contributed by atoms with Crippen molar-refractivity contribution < 1.29 is 34.8 Å². The highest BCUT2D eigenvalue weighted by molar-refractivity contribution is 5.72. The van der Waals surface area contributed by atoms with E-state index in [1.54, 1.807) is 0 Å². The Morgan fingerprint density at radius 1 is 1.27 bits per heavy atom. The number of fused-ring (bicyclic) bond motifs is 1. The number of carboxylic acids is 1. The lowest BCUT2D eigenvalue weighted by Crippen LogP contribution is -2.43. The number of aliphatic hydroxyl groups excluding tert-OH is 3. The van der Waals surface area contributed by atoms with Gasteiger partial charge in [0, 0.05) is 12.3 Å². The Morgan fingerprint density at radius 2 is 1.97 bits per heavy atom. The van der Waals surface area contributed by atoms with Gasteiger partial charge in [0.15, 0.2) is 0 Å². The van der Waals surface area contributed by atoms with E-state index in [-0.39, 0.29) is 42.5 Å². The second-order valence-corrected chi connectivity index (χ2v) is 8.88. The number of hydrogen-bond donors (Lipinski definition) is 4. The number of carbonyl (C=O) groups is 2. The van der Waals surface area contributed by atoms with Crippen LogP contribution in [0.3, 0.4) is 0 Å². The lowest BCUT2D eigenvalue weighted by atomic mass is 9.66. The van der Waals surface area contributed by atoms with Crippen LogP contribution in [0.4, 0.5) is 0 Å². The topological polar surface area (TPSA) is 124 Å². The van der Waals surface area contributed by atoms with E-state index in [0.29, 0.717) is 25.7 Å². The van der Waals surface area contributed by atoms with Crippen molar-refractivity contribution in [1.82, 2.24) is 0 Å². The van der Waals surface area contributed by atoms with Gasteiger partial charge in [-0.05, 0) is 43.1 Å². The van der Waals surface area contributed by atoms with Gasteiger partial charge in [-0.3, -0.25) is 9.59 Å². The molecule has 4 N–H and O–H groups in total. The van der Waals surface area contributed by atoms with Crippen molar-refractivity contribution in [3.63, 3.8) is 0 Å². The molecule has 8 atom stereocenters. The largest absolute Gasteiger partial charge is 0.481 e. The number of esters is 1. The van der Waals surface area contributed by atoms with Crippen LogP contribution in [0.5, 0.6) is 0 Å². The molecule has 0 fully saturated rings. The molecular formula is C23H36O7. The number of aliphatic hydroxyl groups is 3. The first kappa shape index (κ1) is 24.6. The molecule has 0 unspecified atom stereocenters. The van der Waals surface area contributed by atoms with Gasteiger partial charge in [0.2, 0.25) is 0 Å². The predicted molar refractivity (Wildman–Crippen MR) is 111 cm³/mol. The van der Waals surface area contributed by atoms with Gasteiger partial charge in [-0.2, -0.15) is 0 Å². The Kier molecular flexibility index (Phi) is 9.07. The Hall–Kier alpha value is -1.70. The van der Waals surface area contributed by atoms with Gasteiger partial charge in [-0.1, -0.05) is 39.0 Å². The van der Waals surface area contributed by atoms with Crippen LogP contribution in [0, 0.1) is 23.7 Å². The molecule has 7 heteroatoms. The molecule has 0 spiro atoms. The van der Waals surface area contributed by atoms with E-state index >= 15 is 0 Å². The second kappa shape index (κ2) is 11.1. The lowest BCUT2D eigenvalue weighted by Gasteiger charge is -2.43. The second-order valence-electron chi connectivity index (χ2n) is 8.88. The number of hydrogen-bond acceptors (Lipinski definition) is 6. The molecule has 0 saturated heterocycles. The fourth-order valence-electron chi connectivity index (χ4n) is 4.52. The number of allylic oxidation sites excluding steroid dienone is 2. The zero-order valence-electron chi connectivity index (χ0n) is 18.1. The van der Waals surface area contributed by atoms with Gasteiger partial charge in [-0.25, -0.2) is 0 Å². The van der Waals surface area contributed by atoms with Crippen molar-refractivity contribution >= 4 is 11.9 Å². The summed E-state index contributed by atoms with van der Waals surface area (Å²) in [7, 11) is 0. The van der Waals surface area contributed by atoms with E-state index in [1.165, 1.54) is 0 Å². The maximum Gasteiger partial charge on any atom is 0.308 e. The summed E-state index contributed by atoms with van der Waals surface area (Å²) in [4.78, 5) is 23.1. The van der Waals surface area contributed by atoms with Gasteiger partial charge >= 0.3 is 11.9 Å². The first-order valence-electron chi connectivity index (χ1n) is 11.0. The molecule has 0 aliphatic heterocycles. The third-order valence-corrected chi connectivity index (χ3v) is 6.44. The van der Waals surface area contributed by atoms with E-state index in [0.717, 1.165) is 5.57 Å². The fraction of sp³-hybridized carbons (Fsp3) is 0.739. The molecule has 0 bridgehead atoms. The fourth-order valence-corrected chi connectivity index (χ4v) is 4.52. The Bertz CT molecular complexity index is 656. The van der Waals surface area contributed by atoms with Gasteiger partial charge in [0.05, 0.1) is 30.7 Å². The van der Waals surface area contributed by atoms with E-state index in [9.17, 15) is 24.9 Å². The average Bonchev–Trinajstić information content (AvgIpc) is 2.65. The van der Waals surface area contributed by atoms with Crippen molar-refractivity contribution in [3.05, 3.63) is 23.8 Å². The molecule has 2 aliphatic carbocycles. The van der Waals surface area contributed by atoms with Crippen LogP contribution in [0.1, 0.15) is 59.3 Å². The molecule has 0 amide bonds. The molecule has 0 saturated carbocycles. The molecule has 0 aromatic heterocycles. The summed E-state index contributed by atoms with van der Waals surface area (Å²) < 4.78 is 5.84. The zero-order valence-corrected chi connectivity index (χ0v) is 18.1. The van der Waals surface area contributed by atoms with Crippen LogP contribution in [0.15, 0.2) is 23.8 Å². The first-order valence-corrected chi connectivity index (χ1v) is 11.0. The summed E-state index contributed by atoms with van der Waals surface area (Å²) >= 11 is 0. The smallest absolute Gasteiger partial charge is 0.308 e. The van der Waals surface area contributed by atoms with Crippen LogP contribution >= 0.6 is 0 Å². The highest BCUT2D eigenvalue weighted by atomic mass is 16.5. The number of ether oxygens (including phenoxy) is 1. The highest BCUT2D eigenvalue weighted by Crippen LogP contribution is 2.44. The minimum Gasteiger partial charge on any atom is -0.481 e. The molecule has 2 rings (SSSR count). The number of carboxylic acid groups (broad SMARTS) is 1.